The third kappa shape index (κ3) is 2.50. The first kappa shape index (κ1) is 13.3. The minimum absolute atomic E-state index is 0.202. The van der Waals surface area contributed by atoms with Crippen LogP contribution in [0.25, 0.3) is 0 Å². The van der Waals surface area contributed by atoms with Gasteiger partial charge in [0.1, 0.15) is 5.82 Å². The molecule has 0 saturated carbocycles. The van der Waals surface area contributed by atoms with Crippen molar-refractivity contribution in [3.63, 3.8) is 0 Å². The Kier molecular flexibility index (Phi) is 3.38. The Hall–Kier alpha value is -2.16. The third-order valence-corrected chi connectivity index (χ3v) is 3.28. The fourth-order valence-electron chi connectivity index (χ4n) is 1.97. The molecule has 2 N–H and O–H groups in total. The molecule has 3 heteroatoms. The molecule has 0 fully saturated rings. The normalized spacial score (nSPS) is 10.5. The van der Waals surface area contributed by atoms with E-state index in [2.05, 4.69) is 0 Å². The van der Waals surface area contributed by atoms with Gasteiger partial charge < -0.3 is 5.73 Å². The summed E-state index contributed by atoms with van der Waals surface area (Å²) in [7, 11) is 0. The Bertz CT molecular complexity index is 639. The maximum Gasteiger partial charge on any atom is 0.193 e. The molecule has 19 heavy (non-hydrogen) atoms. The lowest BCUT2D eigenvalue weighted by Crippen LogP contribution is -2.06. The van der Waals surface area contributed by atoms with Crippen molar-refractivity contribution < 1.29 is 9.18 Å². The number of aryl methyl sites for hydroxylation is 2. The van der Waals surface area contributed by atoms with Crippen molar-refractivity contribution in [2.45, 2.75) is 20.8 Å². The van der Waals surface area contributed by atoms with Crippen molar-refractivity contribution in [1.29, 1.82) is 0 Å². The summed E-state index contributed by atoms with van der Waals surface area (Å²) >= 11 is 0. The second kappa shape index (κ2) is 4.84. The van der Waals surface area contributed by atoms with E-state index in [1.807, 2.05) is 32.0 Å². The fourth-order valence-corrected chi connectivity index (χ4v) is 1.97. The van der Waals surface area contributed by atoms with Crippen LogP contribution >= 0.6 is 0 Å². The zero-order chi connectivity index (χ0) is 14.2. The average Bonchev–Trinajstić information content (AvgIpc) is 2.37. The van der Waals surface area contributed by atoms with E-state index in [4.69, 9.17) is 5.73 Å². The number of hydrogen-bond donors (Lipinski definition) is 1. The predicted octanol–water partition coefficient (Wildman–Crippen LogP) is 3.56. The number of rotatable bonds is 2. The van der Waals surface area contributed by atoms with Crippen LogP contribution < -0.4 is 5.73 Å². The maximum absolute atomic E-state index is 13.7. The Morgan fingerprint density at radius 2 is 1.79 bits per heavy atom. The quantitative estimate of drug-likeness (QED) is 0.660. The highest BCUT2D eigenvalue weighted by Crippen LogP contribution is 2.21. The number of nitrogens with two attached hydrogens (primary N) is 1. The number of nitrogen functional groups attached to an aromatic ring is 1. The van der Waals surface area contributed by atoms with Gasteiger partial charge in [-0.25, -0.2) is 4.39 Å². The summed E-state index contributed by atoms with van der Waals surface area (Å²) in [5.74, 6) is -0.652. The number of hydrogen-bond acceptors (Lipinski definition) is 2. The van der Waals surface area contributed by atoms with Gasteiger partial charge in [-0.05, 0) is 44.5 Å². The van der Waals surface area contributed by atoms with Crippen LogP contribution in [0, 0.1) is 26.6 Å². The molecular weight excluding hydrogens is 241 g/mol. The average molecular weight is 257 g/mol. The predicted molar refractivity (Wildman–Crippen MR) is 74.9 cm³/mol. The number of carbonyl (C=O) groups excluding carboxylic acids is 1. The molecule has 0 unspecified atom stereocenters. The second-order valence-corrected chi connectivity index (χ2v) is 4.82. The molecule has 0 aromatic heterocycles. The fraction of sp³-hybridized carbons (Fsp3) is 0.188. The van der Waals surface area contributed by atoms with Gasteiger partial charge in [-0.1, -0.05) is 17.7 Å². The van der Waals surface area contributed by atoms with E-state index in [0.717, 1.165) is 11.1 Å². The number of ketones is 1. The van der Waals surface area contributed by atoms with Gasteiger partial charge in [0.2, 0.25) is 0 Å². The van der Waals surface area contributed by atoms with Crippen LogP contribution in [0.15, 0.2) is 30.3 Å². The van der Waals surface area contributed by atoms with Crippen molar-refractivity contribution in [3.05, 3.63) is 64.0 Å². The first-order valence-electron chi connectivity index (χ1n) is 6.07. The topological polar surface area (TPSA) is 43.1 Å². The van der Waals surface area contributed by atoms with Crippen molar-refractivity contribution in [2.75, 3.05) is 5.73 Å². The Labute approximate surface area is 112 Å². The van der Waals surface area contributed by atoms with E-state index < -0.39 is 5.82 Å². The summed E-state index contributed by atoms with van der Waals surface area (Å²) in [6, 6.07) is 8.41. The van der Waals surface area contributed by atoms with Crippen LogP contribution in [0.4, 0.5) is 10.1 Å². The molecule has 98 valence electrons. The molecule has 0 spiro atoms. The summed E-state index contributed by atoms with van der Waals surface area (Å²) in [4.78, 5) is 12.4. The first-order valence-corrected chi connectivity index (χ1v) is 6.07. The molecular formula is C16H16FNO. The first-order chi connectivity index (χ1) is 8.90. The minimum Gasteiger partial charge on any atom is -0.398 e. The summed E-state index contributed by atoms with van der Waals surface area (Å²) in [5.41, 5.74) is 9.12. The van der Waals surface area contributed by atoms with Crippen LogP contribution in [0.2, 0.25) is 0 Å². The van der Waals surface area contributed by atoms with Crippen LogP contribution in [0.5, 0.6) is 0 Å². The Morgan fingerprint density at radius 1 is 1.11 bits per heavy atom. The zero-order valence-electron chi connectivity index (χ0n) is 11.3. The molecule has 2 aromatic carbocycles. The van der Waals surface area contributed by atoms with Crippen molar-refractivity contribution in [3.8, 4) is 0 Å². The van der Waals surface area contributed by atoms with Gasteiger partial charge in [0.05, 0.1) is 0 Å². The lowest BCUT2D eigenvalue weighted by molar-refractivity contribution is 0.103. The lowest BCUT2D eigenvalue weighted by atomic mass is 9.96. The van der Waals surface area contributed by atoms with E-state index in [0.29, 0.717) is 16.8 Å². The Morgan fingerprint density at radius 3 is 2.42 bits per heavy atom. The van der Waals surface area contributed by atoms with Crippen molar-refractivity contribution >= 4 is 11.5 Å². The van der Waals surface area contributed by atoms with Gasteiger partial charge in [-0.3, -0.25) is 4.79 Å². The molecule has 2 aromatic rings. The molecule has 0 radical (unpaired) electrons. The van der Waals surface area contributed by atoms with Gasteiger partial charge in [0.15, 0.2) is 5.78 Å². The summed E-state index contributed by atoms with van der Waals surface area (Å²) < 4.78 is 13.7. The number of carbonyl (C=O) groups is 1. The molecule has 0 aliphatic rings. The molecule has 0 amide bonds. The zero-order valence-corrected chi connectivity index (χ0v) is 11.3. The van der Waals surface area contributed by atoms with E-state index in [-0.39, 0.29) is 11.3 Å². The molecule has 0 atom stereocenters. The SMILES string of the molecule is Cc1ccc(C)c(C(=O)c2cc(N)c(C)c(F)c2)c1. The van der Waals surface area contributed by atoms with Gasteiger partial charge in [0.25, 0.3) is 0 Å². The van der Waals surface area contributed by atoms with Gasteiger partial charge >= 0.3 is 0 Å². The summed E-state index contributed by atoms with van der Waals surface area (Å²) in [5, 5.41) is 0. The van der Waals surface area contributed by atoms with Crippen LogP contribution in [0.3, 0.4) is 0 Å². The Balaban J connectivity index is 2.53. The highest BCUT2D eigenvalue weighted by Gasteiger charge is 2.15. The summed E-state index contributed by atoms with van der Waals surface area (Å²) in [6.45, 7) is 5.37. The van der Waals surface area contributed by atoms with Gasteiger partial charge in [-0.15, -0.1) is 0 Å². The molecule has 0 aliphatic heterocycles. The number of benzene rings is 2. The highest BCUT2D eigenvalue weighted by molar-refractivity contribution is 6.10. The molecule has 2 rings (SSSR count). The van der Waals surface area contributed by atoms with Gasteiger partial charge in [-0.2, -0.15) is 0 Å². The van der Waals surface area contributed by atoms with Gasteiger partial charge in [0, 0.05) is 22.4 Å². The highest BCUT2D eigenvalue weighted by atomic mass is 19.1. The molecule has 0 saturated heterocycles. The standard InChI is InChI=1S/C16H16FNO/c1-9-4-5-10(2)13(6-9)16(19)12-7-14(17)11(3)15(18)8-12/h4-8H,18H2,1-3H3. The van der Waals surface area contributed by atoms with Crippen LogP contribution in [0.1, 0.15) is 32.6 Å². The van der Waals surface area contributed by atoms with Crippen LogP contribution in [-0.4, -0.2) is 5.78 Å². The minimum atomic E-state index is -0.450. The maximum atomic E-state index is 13.7. The molecule has 0 heterocycles. The van der Waals surface area contributed by atoms with Crippen LogP contribution in [-0.2, 0) is 0 Å². The van der Waals surface area contributed by atoms with E-state index >= 15 is 0 Å². The molecule has 0 bridgehead atoms. The third-order valence-electron chi connectivity index (χ3n) is 3.28. The molecule has 0 aliphatic carbocycles. The summed E-state index contributed by atoms with van der Waals surface area (Å²) in [6.07, 6.45) is 0. The van der Waals surface area contributed by atoms with Crippen molar-refractivity contribution in [2.24, 2.45) is 0 Å². The smallest absolute Gasteiger partial charge is 0.193 e. The largest absolute Gasteiger partial charge is 0.398 e. The van der Waals surface area contributed by atoms with Crippen molar-refractivity contribution in [1.82, 2.24) is 0 Å². The van der Waals surface area contributed by atoms with E-state index in [9.17, 15) is 9.18 Å². The second-order valence-electron chi connectivity index (χ2n) is 4.82. The monoisotopic (exact) mass is 257 g/mol. The lowest BCUT2D eigenvalue weighted by Gasteiger charge is -2.09. The number of halogens is 1. The molecule has 2 nitrogen and oxygen atoms in total. The van der Waals surface area contributed by atoms with E-state index in [1.165, 1.54) is 12.1 Å². The number of anilines is 1. The van der Waals surface area contributed by atoms with E-state index in [1.54, 1.807) is 6.92 Å².